The minimum atomic E-state index is -2.96. The molecular weight excluding hydrogens is 400 g/mol. The highest BCUT2D eigenvalue weighted by Crippen LogP contribution is 2.31. The van der Waals surface area contributed by atoms with Crippen LogP contribution in [0, 0.1) is 0 Å². The Labute approximate surface area is 175 Å². The predicted octanol–water partition coefficient (Wildman–Crippen LogP) is 3.39. The Morgan fingerprint density at radius 2 is 1.66 bits per heavy atom. The molecule has 2 aromatic carbocycles. The molecule has 5 nitrogen and oxygen atoms in total. The second kappa shape index (κ2) is 9.84. The van der Waals surface area contributed by atoms with Crippen LogP contribution in [0.4, 0.5) is 0 Å². The van der Waals surface area contributed by atoms with E-state index in [1.165, 1.54) is 0 Å². The van der Waals surface area contributed by atoms with Gasteiger partial charge in [0.05, 0.1) is 6.61 Å². The molecule has 0 aliphatic carbocycles. The molecule has 1 aliphatic rings. The summed E-state index contributed by atoms with van der Waals surface area (Å²) in [6.07, 6.45) is 1.88. The first-order valence-corrected chi connectivity index (χ1v) is 13.9. The molecule has 0 aromatic heterocycles. The maximum Gasteiger partial charge on any atom is 0.537 e. The van der Waals surface area contributed by atoms with E-state index in [0.717, 1.165) is 21.7 Å². The lowest BCUT2D eigenvalue weighted by Gasteiger charge is -2.36. The van der Waals surface area contributed by atoms with Crippen LogP contribution in [0.25, 0.3) is 0 Å². The van der Waals surface area contributed by atoms with E-state index in [4.69, 9.17) is 22.1 Å². The van der Waals surface area contributed by atoms with Gasteiger partial charge in [0.15, 0.2) is 0 Å². The van der Waals surface area contributed by atoms with Crippen molar-refractivity contribution in [2.24, 2.45) is 0 Å². The largest absolute Gasteiger partial charge is 0.537 e. The molecule has 0 amide bonds. The van der Waals surface area contributed by atoms with Gasteiger partial charge in [0.2, 0.25) is 0 Å². The fraction of sp³-hybridized carbons (Fsp3) is 0.364. The summed E-state index contributed by atoms with van der Waals surface area (Å²) < 4.78 is 31.1. The third-order valence-corrected chi connectivity index (χ3v) is 11.0. The van der Waals surface area contributed by atoms with E-state index >= 15 is 0 Å². The van der Waals surface area contributed by atoms with Crippen LogP contribution in [0.2, 0.25) is 6.04 Å². The van der Waals surface area contributed by atoms with E-state index in [0.29, 0.717) is 32.5 Å². The molecule has 1 atom stereocenters. The lowest BCUT2D eigenvalue weighted by molar-refractivity contribution is 0.0858. The topological polar surface area (TPSA) is 46.2 Å². The number of fused-ring (bicyclic) bond motifs is 1. The van der Waals surface area contributed by atoms with E-state index in [-0.39, 0.29) is 0 Å². The summed E-state index contributed by atoms with van der Waals surface area (Å²) in [7, 11) is -5.58. The van der Waals surface area contributed by atoms with Gasteiger partial charge in [0, 0.05) is 41.8 Å². The second-order valence-electron chi connectivity index (χ2n) is 6.68. The summed E-state index contributed by atoms with van der Waals surface area (Å²) in [4.78, 5) is 0. The minimum Gasteiger partial charge on any atom is -0.517 e. The van der Waals surface area contributed by atoms with Crippen LogP contribution in [0.15, 0.2) is 61.2 Å². The molecule has 0 saturated heterocycles. The Hall–Kier alpha value is -1.75. The maximum atomic E-state index is 6.53. The van der Waals surface area contributed by atoms with Gasteiger partial charge in [-0.15, -0.1) is 6.58 Å². The number of allylic oxidation sites excluding steroid dienone is 1. The van der Waals surface area contributed by atoms with Gasteiger partial charge >= 0.3 is 17.4 Å². The highest BCUT2D eigenvalue weighted by molar-refractivity contribution is 6.82. The van der Waals surface area contributed by atoms with Gasteiger partial charge in [-0.2, -0.15) is 0 Å². The average Bonchev–Trinajstić information content (AvgIpc) is 2.74. The number of rotatable bonds is 10. The summed E-state index contributed by atoms with van der Waals surface area (Å²) in [5, 5.41) is 2.04. The monoisotopic (exact) mass is 430 g/mol. The molecular formula is C22H30O5Si2. The summed E-state index contributed by atoms with van der Waals surface area (Å²) in [6.45, 7) is 11.9. The van der Waals surface area contributed by atoms with Crippen molar-refractivity contribution in [1.82, 2.24) is 0 Å². The molecule has 1 heterocycles. The zero-order valence-electron chi connectivity index (χ0n) is 17.5. The van der Waals surface area contributed by atoms with Gasteiger partial charge in [-0.3, -0.25) is 0 Å². The first-order valence-electron chi connectivity index (χ1n) is 10.2. The van der Waals surface area contributed by atoms with E-state index in [1.54, 1.807) is 0 Å². The van der Waals surface area contributed by atoms with E-state index in [1.807, 2.05) is 57.2 Å². The molecule has 7 heteroatoms. The molecule has 0 N–H and O–H groups in total. The van der Waals surface area contributed by atoms with Crippen molar-refractivity contribution in [3.05, 3.63) is 66.7 Å². The van der Waals surface area contributed by atoms with Crippen molar-refractivity contribution in [1.29, 1.82) is 0 Å². The molecule has 1 aliphatic heterocycles. The standard InChI is InChI=1S/C22H30O5Si2/c1-5-16-28(20-12-10-9-11-13-20)26-18-19-17-21(14-15-22(19)27-28)29(23-6-2,24-7-3)25-8-4/h5,9-15,17H,1,6-8,16,18H2,2-4H3. The highest BCUT2D eigenvalue weighted by Gasteiger charge is 2.47. The number of benzene rings is 2. The van der Waals surface area contributed by atoms with Crippen molar-refractivity contribution < 1.29 is 22.1 Å². The molecule has 29 heavy (non-hydrogen) atoms. The summed E-state index contributed by atoms with van der Waals surface area (Å²) in [6, 6.07) is 16.9. The van der Waals surface area contributed by atoms with E-state index in [2.05, 4.69) is 24.8 Å². The predicted molar refractivity (Wildman–Crippen MR) is 119 cm³/mol. The molecule has 1 unspecified atom stereocenters. The number of hydrogen-bond donors (Lipinski definition) is 0. The molecule has 0 saturated carbocycles. The summed E-state index contributed by atoms with van der Waals surface area (Å²) >= 11 is 0. The zero-order chi connectivity index (χ0) is 20.7. The summed E-state index contributed by atoms with van der Waals surface area (Å²) in [5.74, 6) is 0.852. The van der Waals surface area contributed by atoms with Crippen molar-refractivity contribution >= 4 is 27.7 Å². The highest BCUT2D eigenvalue weighted by atomic mass is 28.4. The van der Waals surface area contributed by atoms with Crippen LogP contribution in [0.5, 0.6) is 5.75 Å². The van der Waals surface area contributed by atoms with Crippen molar-refractivity contribution in [3.8, 4) is 5.75 Å². The minimum absolute atomic E-state index is 0.479. The smallest absolute Gasteiger partial charge is 0.517 e. The first kappa shape index (κ1) is 22.0. The lowest BCUT2D eigenvalue weighted by Crippen LogP contribution is -2.59. The van der Waals surface area contributed by atoms with Crippen LogP contribution < -0.4 is 14.8 Å². The van der Waals surface area contributed by atoms with Crippen LogP contribution in [-0.4, -0.2) is 37.2 Å². The Balaban J connectivity index is 1.96. The normalized spacial score (nSPS) is 18.7. The molecule has 0 radical (unpaired) electrons. The second-order valence-corrected chi connectivity index (χ2v) is 12.2. The van der Waals surface area contributed by atoms with Crippen LogP contribution in [0.1, 0.15) is 26.3 Å². The van der Waals surface area contributed by atoms with Crippen molar-refractivity contribution in [2.45, 2.75) is 33.4 Å². The van der Waals surface area contributed by atoms with Crippen molar-refractivity contribution in [2.75, 3.05) is 19.8 Å². The van der Waals surface area contributed by atoms with Crippen LogP contribution >= 0.6 is 0 Å². The van der Waals surface area contributed by atoms with Gasteiger partial charge in [0.1, 0.15) is 5.75 Å². The Morgan fingerprint density at radius 1 is 1.00 bits per heavy atom. The Bertz CT molecular complexity index is 797. The van der Waals surface area contributed by atoms with Gasteiger partial charge in [-0.05, 0) is 32.9 Å². The third kappa shape index (κ3) is 4.55. The summed E-state index contributed by atoms with van der Waals surface area (Å²) in [5.41, 5.74) is 0.988. The fourth-order valence-corrected chi connectivity index (χ4v) is 8.90. The third-order valence-electron chi connectivity index (χ3n) is 4.78. The molecule has 0 fully saturated rings. The van der Waals surface area contributed by atoms with Crippen molar-refractivity contribution in [3.63, 3.8) is 0 Å². The van der Waals surface area contributed by atoms with Gasteiger partial charge in [-0.1, -0.05) is 42.5 Å². The van der Waals surface area contributed by atoms with Crippen LogP contribution in [-0.2, 0) is 24.3 Å². The quantitative estimate of drug-likeness (QED) is 0.427. The molecule has 3 rings (SSSR count). The molecule has 156 valence electrons. The Kier molecular flexibility index (Phi) is 7.45. The van der Waals surface area contributed by atoms with Gasteiger partial charge in [0.25, 0.3) is 0 Å². The van der Waals surface area contributed by atoms with Gasteiger partial charge < -0.3 is 22.1 Å². The fourth-order valence-electron chi connectivity index (χ4n) is 3.57. The average molecular weight is 431 g/mol. The van der Waals surface area contributed by atoms with Crippen LogP contribution in [0.3, 0.4) is 0 Å². The molecule has 0 spiro atoms. The lowest BCUT2D eigenvalue weighted by atomic mass is 10.2. The maximum absolute atomic E-state index is 6.53. The van der Waals surface area contributed by atoms with Gasteiger partial charge in [-0.25, -0.2) is 0 Å². The molecule has 2 aromatic rings. The first-order chi connectivity index (χ1) is 14.1. The number of hydrogen-bond acceptors (Lipinski definition) is 5. The SMILES string of the molecule is C=CC[Si]1(c2ccccc2)OCc2cc([Si](OCC)(OCC)OCC)ccc2O1. The van der Waals surface area contributed by atoms with E-state index < -0.39 is 17.4 Å². The zero-order valence-corrected chi connectivity index (χ0v) is 19.5. The molecule has 0 bridgehead atoms. The van der Waals surface area contributed by atoms with E-state index in [9.17, 15) is 0 Å². The Morgan fingerprint density at radius 3 is 2.24 bits per heavy atom.